The topological polar surface area (TPSA) is 66.0 Å². The summed E-state index contributed by atoms with van der Waals surface area (Å²) in [5.74, 6) is 1.13. The lowest BCUT2D eigenvalue weighted by Gasteiger charge is -2.10. The quantitative estimate of drug-likeness (QED) is 0.892. The van der Waals surface area contributed by atoms with Crippen molar-refractivity contribution in [2.45, 2.75) is 6.92 Å². The monoisotopic (exact) mass is 360 g/mol. The van der Waals surface area contributed by atoms with E-state index in [1.165, 1.54) is 0 Å². The minimum Gasteiger partial charge on any atom is -0.495 e. The number of aromatic nitrogens is 3. The van der Waals surface area contributed by atoms with E-state index in [1.807, 2.05) is 19.1 Å². The Kier molecular flexibility index (Phi) is 3.39. The van der Waals surface area contributed by atoms with Gasteiger partial charge in [0.25, 0.3) is 0 Å². The van der Waals surface area contributed by atoms with Gasteiger partial charge in [-0.3, -0.25) is 0 Å². The molecule has 17 heavy (non-hydrogen) atoms. The van der Waals surface area contributed by atoms with Crippen LogP contribution in [0.1, 0.15) is 5.69 Å². The fraction of sp³-hybridized carbons (Fsp3) is 0.200. The number of ether oxygens (including phenoxy) is 1. The highest BCUT2D eigenvalue weighted by molar-refractivity contribution is 9.11. The Labute approximate surface area is 115 Å². The summed E-state index contributed by atoms with van der Waals surface area (Å²) in [6.07, 6.45) is 0. The predicted octanol–water partition coefficient (Wildman–Crippen LogP) is 2.69. The third kappa shape index (κ3) is 2.16. The first-order valence-electron chi connectivity index (χ1n) is 4.75. The highest BCUT2D eigenvalue weighted by Crippen LogP contribution is 2.33. The van der Waals surface area contributed by atoms with Crippen LogP contribution in [0.5, 0.6) is 5.75 Å². The largest absolute Gasteiger partial charge is 0.495 e. The second-order valence-corrected chi connectivity index (χ2v) is 5.12. The number of anilines is 1. The Morgan fingerprint density at radius 2 is 2.00 bits per heavy atom. The summed E-state index contributed by atoms with van der Waals surface area (Å²) in [5, 5.41) is 7.82. The van der Waals surface area contributed by atoms with E-state index in [-0.39, 0.29) is 0 Å². The van der Waals surface area contributed by atoms with Crippen molar-refractivity contribution < 1.29 is 4.74 Å². The number of nitrogens with zero attached hydrogens (tertiary/aromatic N) is 3. The van der Waals surface area contributed by atoms with Crippen molar-refractivity contribution in [2.24, 2.45) is 0 Å². The van der Waals surface area contributed by atoms with Crippen LogP contribution in [0, 0.1) is 6.92 Å². The maximum absolute atomic E-state index is 5.68. The zero-order valence-electron chi connectivity index (χ0n) is 9.24. The lowest BCUT2D eigenvalue weighted by atomic mass is 10.3. The van der Waals surface area contributed by atoms with Crippen LogP contribution >= 0.6 is 31.9 Å². The lowest BCUT2D eigenvalue weighted by Crippen LogP contribution is -2.01. The average Bonchev–Trinajstić information content (AvgIpc) is 2.61. The van der Waals surface area contributed by atoms with Gasteiger partial charge in [0.15, 0.2) is 5.82 Å². The molecule has 0 saturated carbocycles. The van der Waals surface area contributed by atoms with Crippen LogP contribution in [0.25, 0.3) is 5.69 Å². The van der Waals surface area contributed by atoms with Gasteiger partial charge in [-0.25, -0.2) is 4.68 Å². The summed E-state index contributed by atoms with van der Waals surface area (Å²) >= 11 is 6.89. The molecule has 1 aromatic carbocycles. The molecule has 0 spiro atoms. The van der Waals surface area contributed by atoms with E-state index in [9.17, 15) is 0 Å². The molecule has 0 bridgehead atoms. The maximum Gasteiger partial charge on any atom is 0.169 e. The molecule has 1 heterocycles. The highest BCUT2D eigenvalue weighted by Gasteiger charge is 2.13. The number of benzene rings is 1. The molecular weight excluding hydrogens is 352 g/mol. The number of hydrogen-bond donors (Lipinski definition) is 1. The summed E-state index contributed by atoms with van der Waals surface area (Å²) in [4.78, 5) is 0. The van der Waals surface area contributed by atoms with Crippen LogP contribution in [-0.4, -0.2) is 22.1 Å². The van der Waals surface area contributed by atoms with Crippen molar-refractivity contribution in [3.8, 4) is 11.4 Å². The molecule has 0 atom stereocenters. The minimum absolute atomic E-state index is 0.416. The molecular formula is C10H10Br2N4O. The van der Waals surface area contributed by atoms with Crippen LogP contribution in [-0.2, 0) is 0 Å². The standard InChI is InChI=1S/C10H10Br2N4O/c1-5-10(13)14-15-16(5)8-4-9(17-2)7(12)3-6(8)11/h3-4H,13H2,1-2H3. The van der Waals surface area contributed by atoms with Gasteiger partial charge < -0.3 is 10.5 Å². The summed E-state index contributed by atoms with van der Waals surface area (Å²) < 4.78 is 8.65. The summed E-state index contributed by atoms with van der Waals surface area (Å²) in [6.45, 7) is 1.86. The van der Waals surface area contributed by atoms with Crippen LogP contribution in [0.4, 0.5) is 5.82 Å². The summed E-state index contributed by atoms with van der Waals surface area (Å²) in [7, 11) is 1.61. The molecule has 0 unspecified atom stereocenters. The lowest BCUT2D eigenvalue weighted by molar-refractivity contribution is 0.411. The van der Waals surface area contributed by atoms with Crippen LogP contribution < -0.4 is 10.5 Å². The molecule has 1 aromatic heterocycles. The number of methoxy groups -OCH3 is 1. The van der Waals surface area contributed by atoms with Crippen LogP contribution in [0.2, 0.25) is 0 Å². The number of hydrogen-bond acceptors (Lipinski definition) is 4. The normalized spacial score (nSPS) is 10.6. The molecule has 0 aliphatic rings. The van der Waals surface area contributed by atoms with Gasteiger partial charge in [0.2, 0.25) is 0 Å². The number of halogens is 2. The van der Waals surface area contributed by atoms with E-state index >= 15 is 0 Å². The molecule has 0 amide bonds. The van der Waals surface area contributed by atoms with Crippen LogP contribution in [0.3, 0.4) is 0 Å². The SMILES string of the molecule is COc1cc(-n2nnc(N)c2C)c(Br)cc1Br. The van der Waals surface area contributed by atoms with E-state index < -0.39 is 0 Å². The van der Waals surface area contributed by atoms with Crippen molar-refractivity contribution >= 4 is 37.7 Å². The molecule has 5 nitrogen and oxygen atoms in total. The third-order valence-electron chi connectivity index (χ3n) is 2.38. The van der Waals surface area contributed by atoms with Gasteiger partial charge in [-0.2, -0.15) is 0 Å². The first-order valence-corrected chi connectivity index (χ1v) is 6.34. The van der Waals surface area contributed by atoms with Gasteiger partial charge in [-0.05, 0) is 44.8 Å². The van der Waals surface area contributed by atoms with Crippen molar-refractivity contribution in [3.63, 3.8) is 0 Å². The molecule has 7 heteroatoms. The highest BCUT2D eigenvalue weighted by atomic mass is 79.9. The Hall–Kier alpha value is -1.08. The zero-order chi connectivity index (χ0) is 12.6. The Bertz CT molecular complexity index is 568. The van der Waals surface area contributed by atoms with Crippen LogP contribution in [0.15, 0.2) is 21.1 Å². The fourth-order valence-electron chi connectivity index (χ4n) is 1.41. The second-order valence-electron chi connectivity index (χ2n) is 3.41. The molecule has 0 fully saturated rings. The van der Waals surface area contributed by atoms with Crippen molar-refractivity contribution in [3.05, 3.63) is 26.8 Å². The molecule has 2 aromatic rings. The van der Waals surface area contributed by atoms with Gasteiger partial charge in [0, 0.05) is 10.5 Å². The van der Waals surface area contributed by atoms with E-state index in [0.717, 1.165) is 26.1 Å². The van der Waals surface area contributed by atoms with Gasteiger partial charge in [0.05, 0.1) is 23.0 Å². The Morgan fingerprint density at radius 1 is 1.29 bits per heavy atom. The van der Waals surface area contributed by atoms with Crippen molar-refractivity contribution in [1.82, 2.24) is 15.0 Å². The third-order valence-corrected chi connectivity index (χ3v) is 3.63. The molecule has 2 N–H and O–H groups in total. The predicted molar refractivity (Wildman–Crippen MR) is 72.5 cm³/mol. The average molecular weight is 362 g/mol. The number of nitrogens with two attached hydrogens (primary N) is 1. The smallest absolute Gasteiger partial charge is 0.169 e. The second kappa shape index (κ2) is 4.66. The molecule has 90 valence electrons. The van der Waals surface area contributed by atoms with E-state index in [1.54, 1.807) is 11.8 Å². The first-order chi connectivity index (χ1) is 8.04. The van der Waals surface area contributed by atoms with E-state index in [2.05, 4.69) is 42.2 Å². The van der Waals surface area contributed by atoms with E-state index in [4.69, 9.17) is 10.5 Å². The van der Waals surface area contributed by atoms with Crippen molar-refractivity contribution in [2.75, 3.05) is 12.8 Å². The Balaban J connectivity index is 2.63. The molecule has 0 aliphatic heterocycles. The molecule has 0 radical (unpaired) electrons. The Morgan fingerprint density at radius 3 is 2.53 bits per heavy atom. The minimum atomic E-state index is 0.416. The first kappa shape index (κ1) is 12.4. The fourth-order valence-corrected chi connectivity index (χ4v) is 2.73. The molecule has 0 saturated heterocycles. The number of rotatable bonds is 2. The van der Waals surface area contributed by atoms with E-state index in [0.29, 0.717) is 5.82 Å². The van der Waals surface area contributed by atoms with Gasteiger partial charge in [0.1, 0.15) is 5.75 Å². The zero-order valence-corrected chi connectivity index (χ0v) is 12.4. The van der Waals surface area contributed by atoms with Crippen molar-refractivity contribution in [1.29, 1.82) is 0 Å². The number of nitrogen functional groups attached to an aromatic ring is 1. The van der Waals surface area contributed by atoms with Gasteiger partial charge in [-0.1, -0.05) is 5.21 Å². The summed E-state index contributed by atoms with van der Waals surface area (Å²) in [5.41, 5.74) is 7.29. The molecule has 2 rings (SSSR count). The summed E-state index contributed by atoms with van der Waals surface area (Å²) in [6, 6.07) is 3.75. The van der Waals surface area contributed by atoms with Gasteiger partial charge in [-0.15, -0.1) is 5.10 Å². The van der Waals surface area contributed by atoms with Gasteiger partial charge >= 0.3 is 0 Å². The molecule has 0 aliphatic carbocycles. The maximum atomic E-state index is 5.68.